The Morgan fingerprint density at radius 2 is 1.43 bits per heavy atom. The number of hydrogen-bond acceptors (Lipinski definition) is 3. The molecule has 2 amide bonds. The van der Waals surface area contributed by atoms with Gasteiger partial charge in [0.2, 0.25) is 11.8 Å². The highest BCUT2D eigenvalue weighted by molar-refractivity contribution is 5.93. The van der Waals surface area contributed by atoms with Gasteiger partial charge >= 0.3 is 0 Å². The molecule has 0 radical (unpaired) electrons. The summed E-state index contributed by atoms with van der Waals surface area (Å²) in [5, 5.41) is 0. The lowest BCUT2D eigenvalue weighted by atomic mass is 9.89. The molecule has 2 heterocycles. The molecule has 2 saturated heterocycles. The van der Waals surface area contributed by atoms with Crippen LogP contribution in [0.5, 0.6) is 0 Å². The Balaban J connectivity index is 1.61. The van der Waals surface area contributed by atoms with E-state index in [1.165, 1.54) is 0 Å². The molecule has 0 spiro atoms. The van der Waals surface area contributed by atoms with Crippen LogP contribution in [0, 0.1) is 0 Å². The van der Waals surface area contributed by atoms with Crippen LogP contribution in [0.3, 0.4) is 0 Å². The second kappa shape index (κ2) is 8.57. The highest BCUT2D eigenvalue weighted by Crippen LogP contribution is 2.31. The van der Waals surface area contributed by atoms with Gasteiger partial charge in [-0.1, -0.05) is 60.7 Å². The molecule has 4 rings (SSSR count). The Hall–Kier alpha value is -2.66. The predicted molar refractivity (Wildman–Crippen MR) is 107 cm³/mol. The second-order valence-corrected chi connectivity index (χ2v) is 7.38. The lowest BCUT2D eigenvalue weighted by Crippen LogP contribution is -2.51. The quantitative estimate of drug-likeness (QED) is 0.822. The van der Waals surface area contributed by atoms with Gasteiger partial charge in [0.25, 0.3) is 0 Å². The molecule has 0 bridgehead atoms. The molecule has 0 aromatic heterocycles. The second-order valence-electron chi connectivity index (χ2n) is 7.38. The molecule has 2 aromatic rings. The van der Waals surface area contributed by atoms with Gasteiger partial charge in [0.05, 0.1) is 19.1 Å². The number of rotatable bonds is 4. The molecule has 0 saturated carbocycles. The minimum atomic E-state index is -0.388. The average Bonchev–Trinajstić information content (AvgIpc) is 3.25. The largest absolute Gasteiger partial charge is 0.378 e. The molecule has 28 heavy (non-hydrogen) atoms. The first-order chi connectivity index (χ1) is 13.8. The summed E-state index contributed by atoms with van der Waals surface area (Å²) in [6.07, 6.45) is 1.60. The van der Waals surface area contributed by atoms with Crippen molar-refractivity contribution in [2.75, 3.05) is 32.8 Å². The fraction of sp³-hybridized carbons (Fsp3) is 0.391. The van der Waals surface area contributed by atoms with E-state index in [0.717, 1.165) is 24.0 Å². The summed E-state index contributed by atoms with van der Waals surface area (Å²) >= 11 is 0. The van der Waals surface area contributed by atoms with Crippen molar-refractivity contribution in [3.8, 4) is 0 Å². The first-order valence-electron chi connectivity index (χ1n) is 10.0. The van der Waals surface area contributed by atoms with E-state index in [-0.39, 0.29) is 23.8 Å². The number of carbonyl (C=O) groups is 2. The molecule has 0 unspecified atom stereocenters. The summed E-state index contributed by atoms with van der Waals surface area (Å²) in [7, 11) is 0. The highest BCUT2D eigenvalue weighted by atomic mass is 16.5. The van der Waals surface area contributed by atoms with E-state index < -0.39 is 0 Å². The molecule has 2 aliphatic rings. The number of amides is 2. The maximum Gasteiger partial charge on any atom is 0.245 e. The number of carbonyl (C=O) groups excluding carboxylic acids is 2. The van der Waals surface area contributed by atoms with E-state index >= 15 is 0 Å². The van der Waals surface area contributed by atoms with Crippen LogP contribution in [0.4, 0.5) is 0 Å². The highest BCUT2D eigenvalue weighted by Gasteiger charge is 2.40. The number of likely N-dealkylation sites (tertiary alicyclic amines) is 1. The van der Waals surface area contributed by atoms with Crippen molar-refractivity contribution in [3.05, 3.63) is 71.8 Å². The monoisotopic (exact) mass is 378 g/mol. The van der Waals surface area contributed by atoms with Crippen molar-refractivity contribution >= 4 is 11.8 Å². The van der Waals surface area contributed by atoms with Gasteiger partial charge in [-0.3, -0.25) is 9.59 Å². The summed E-state index contributed by atoms with van der Waals surface area (Å²) in [4.78, 5) is 30.4. The molecule has 2 fully saturated rings. The molecular weight excluding hydrogens is 352 g/mol. The first kappa shape index (κ1) is 18.7. The zero-order chi connectivity index (χ0) is 19.3. The van der Waals surface area contributed by atoms with Gasteiger partial charge in [0, 0.05) is 19.6 Å². The number of benzene rings is 2. The molecule has 0 aliphatic carbocycles. The van der Waals surface area contributed by atoms with Gasteiger partial charge in [-0.2, -0.15) is 0 Å². The third-order valence-corrected chi connectivity index (χ3v) is 5.66. The van der Waals surface area contributed by atoms with Crippen LogP contribution in [0.15, 0.2) is 60.7 Å². The molecule has 1 atom stereocenters. The summed E-state index contributed by atoms with van der Waals surface area (Å²) in [5.74, 6) is -0.309. The van der Waals surface area contributed by atoms with E-state index in [9.17, 15) is 9.59 Å². The molecule has 146 valence electrons. The maximum atomic E-state index is 13.7. The normalized spacial score (nSPS) is 19.8. The van der Waals surface area contributed by atoms with E-state index in [1.54, 1.807) is 0 Å². The lowest BCUT2D eigenvalue weighted by Gasteiger charge is -2.34. The summed E-state index contributed by atoms with van der Waals surface area (Å²) in [6, 6.07) is 19.3. The lowest BCUT2D eigenvalue weighted by molar-refractivity contribution is -0.146. The van der Waals surface area contributed by atoms with Crippen molar-refractivity contribution in [2.45, 2.75) is 24.8 Å². The molecule has 5 heteroatoms. The summed E-state index contributed by atoms with van der Waals surface area (Å²) < 4.78 is 5.37. The van der Waals surface area contributed by atoms with E-state index in [4.69, 9.17) is 4.74 Å². The van der Waals surface area contributed by atoms with Gasteiger partial charge in [-0.25, -0.2) is 0 Å². The van der Waals surface area contributed by atoms with Crippen molar-refractivity contribution in [1.29, 1.82) is 0 Å². The average molecular weight is 378 g/mol. The van der Waals surface area contributed by atoms with E-state index in [2.05, 4.69) is 0 Å². The van der Waals surface area contributed by atoms with Crippen LogP contribution in [0.2, 0.25) is 0 Å². The van der Waals surface area contributed by atoms with Gasteiger partial charge in [0.15, 0.2) is 0 Å². The molecule has 0 N–H and O–H groups in total. The van der Waals surface area contributed by atoms with E-state index in [1.807, 2.05) is 70.5 Å². The Labute approximate surface area is 165 Å². The SMILES string of the molecule is O=C([C@@H]1CCCN1C(=O)C(c1ccccc1)c1ccccc1)N1CCOCC1. The van der Waals surface area contributed by atoms with Crippen LogP contribution < -0.4 is 0 Å². The number of hydrogen-bond donors (Lipinski definition) is 0. The minimum absolute atomic E-state index is 0.0153. The van der Waals surface area contributed by atoms with Crippen LogP contribution in [0.25, 0.3) is 0 Å². The van der Waals surface area contributed by atoms with Gasteiger partial charge in [-0.15, -0.1) is 0 Å². The Morgan fingerprint density at radius 1 is 0.857 bits per heavy atom. The Kier molecular flexibility index (Phi) is 5.72. The minimum Gasteiger partial charge on any atom is -0.378 e. The van der Waals surface area contributed by atoms with Gasteiger partial charge in [-0.05, 0) is 24.0 Å². The van der Waals surface area contributed by atoms with Crippen molar-refractivity contribution in [1.82, 2.24) is 9.80 Å². The first-order valence-corrected chi connectivity index (χ1v) is 10.0. The number of ether oxygens (including phenoxy) is 1. The molecule has 2 aromatic carbocycles. The Bertz CT molecular complexity index is 764. The number of nitrogens with zero attached hydrogens (tertiary/aromatic N) is 2. The molecular formula is C23H26N2O3. The van der Waals surface area contributed by atoms with Gasteiger partial charge in [0.1, 0.15) is 6.04 Å². The zero-order valence-electron chi connectivity index (χ0n) is 16.0. The van der Waals surface area contributed by atoms with Crippen LogP contribution >= 0.6 is 0 Å². The van der Waals surface area contributed by atoms with Gasteiger partial charge < -0.3 is 14.5 Å². The van der Waals surface area contributed by atoms with Crippen LogP contribution in [0.1, 0.15) is 29.9 Å². The standard InChI is InChI=1S/C23H26N2O3/c26-22(24-14-16-28-17-15-24)20-12-7-13-25(20)23(27)21(18-8-3-1-4-9-18)19-10-5-2-6-11-19/h1-6,8-11,20-21H,7,12-17H2/t20-/m0/s1. The topological polar surface area (TPSA) is 49.9 Å². The maximum absolute atomic E-state index is 13.7. The molecule has 5 nitrogen and oxygen atoms in total. The van der Waals surface area contributed by atoms with Crippen LogP contribution in [-0.4, -0.2) is 60.5 Å². The predicted octanol–water partition coefficient (Wildman–Crippen LogP) is 2.67. The summed E-state index contributed by atoms with van der Waals surface area (Å²) in [5.41, 5.74) is 1.92. The van der Waals surface area contributed by atoms with Crippen molar-refractivity contribution < 1.29 is 14.3 Å². The van der Waals surface area contributed by atoms with Crippen molar-refractivity contribution in [2.24, 2.45) is 0 Å². The third kappa shape index (κ3) is 3.80. The van der Waals surface area contributed by atoms with E-state index in [0.29, 0.717) is 32.8 Å². The van der Waals surface area contributed by atoms with Crippen LogP contribution in [-0.2, 0) is 14.3 Å². The number of morpholine rings is 1. The fourth-order valence-electron chi connectivity index (χ4n) is 4.22. The summed E-state index contributed by atoms with van der Waals surface area (Å²) in [6.45, 7) is 3.00. The molecule has 2 aliphatic heterocycles. The zero-order valence-corrected chi connectivity index (χ0v) is 16.0. The third-order valence-electron chi connectivity index (χ3n) is 5.66. The smallest absolute Gasteiger partial charge is 0.245 e. The Morgan fingerprint density at radius 3 is 2.00 bits per heavy atom. The fourth-order valence-corrected chi connectivity index (χ4v) is 4.22. The van der Waals surface area contributed by atoms with Crippen molar-refractivity contribution in [3.63, 3.8) is 0 Å².